The summed E-state index contributed by atoms with van der Waals surface area (Å²) >= 11 is 1.53. The van der Waals surface area contributed by atoms with Crippen molar-refractivity contribution < 1.29 is 23.8 Å². The molecule has 0 unspecified atom stereocenters. The van der Waals surface area contributed by atoms with Crippen LogP contribution in [0.2, 0.25) is 0 Å². The number of aromatic nitrogens is 2. The molecule has 2 fully saturated rings. The molecule has 40 heavy (non-hydrogen) atoms. The number of thiazole rings is 1. The Morgan fingerprint density at radius 3 is 2.62 bits per heavy atom. The third-order valence-corrected chi connectivity index (χ3v) is 8.88. The molecule has 0 amide bonds. The van der Waals surface area contributed by atoms with Crippen molar-refractivity contribution in [1.82, 2.24) is 9.55 Å². The minimum Gasteiger partial charge on any atom is -0.477 e. The molecule has 4 heterocycles. The molecular formula is C29H29FN4O5S. The van der Waals surface area contributed by atoms with Crippen molar-refractivity contribution in [2.75, 3.05) is 50.2 Å². The lowest BCUT2D eigenvalue weighted by atomic mass is 9.97. The summed E-state index contributed by atoms with van der Waals surface area (Å²) in [5.41, 5.74) is 1.56. The van der Waals surface area contributed by atoms with Gasteiger partial charge in [-0.05, 0) is 43.7 Å². The third-order valence-electron chi connectivity index (χ3n) is 7.80. The number of anilines is 2. The van der Waals surface area contributed by atoms with Crippen molar-refractivity contribution in [1.29, 1.82) is 0 Å². The summed E-state index contributed by atoms with van der Waals surface area (Å²) in [7, 11) is 3.36. The number of pyridine rings is 1. The maximum absolute atomic E-state index is 15.4. The maximum Gasteiger partial charge on any atom is 0.341 e. The molecule has 1 N–H and O–H groups in total. The van der Waals surface area contributed by atoms with E-state index in [9.17, 15) is 14.7 Å². The normalized spacial score (nSPS) is 18.4. The fourth-order valence-electron chi connectivity index (χ4n) is 5.40. The van der Waals surface area contributed by atoms with E-state index in [-0.39, 0.29) is 17.3 Å². The second-order valence-electron chi connectivity index (χ2n) is 10.5. The molecule has 2 saturated heterocycles. The van der Waals surface area contributed by atoms with Gasteiger partial charge in [-0.15, -0.1) is 0 Å². The molecule has 0 bridgehead atoms. The first-order valence-corrected chi connectivity index (χ1v) is 13.8. The van der Waals surface area contributed by atoms with Gasteiger partial charge in [0.05, 0.1) is 46.4 Å². The molecule has 9 nitrogen and oxygen atoms in total. The van der Waals surface area contributed by atoms with Gasteiger partial charge >= 0.3 is 5.97 Å². The first-order chi connectivity index (χ1) is 19.2. The van der Waals surface area contributed by atoms with Crippen LogP contribution in [0.3, 0.4) is 0 Å². The number of hydrogen-bond acceptors (Lipinski definition) is 8. The Balaban J connectivity index is 1.40. The second-order valence-corrected chi connectivity index (χ2v) is 11.5. The molecule has 1 atom stereocenters. The zero-order valence-electron chi connectivity index (χ0n) is 22.4. The van der Waals surface area contributed by atoms with Gasteiger partial charge in [-0.3, -0.25) is 4.79 Å². The molecule has 2 aliphatic rings. The molecule has 2 aliphatic heterocycles. The molecule has 0 saturated carbocycles. The Bertz CT molecular complexity index is 1680. The average molecular weight is 565 g/mol. The minimum absolute atomic E-state index is 0.0561. The van der Waals surface area contributed by atoms with E-state index in [1.54, 1.807) is 30.9 Å². The van der Waals surface area contributed by atoms with Gasteiger partial charge < -0.3 is 28.9 Å². The first kappa shape index (κ1) is 26.4. The van der Waals surface area contributed by atoms with Crippen LogP contribution in [-0.4, -0.2) is 72.7 Å². The summed E-state index contributed by atoms with van der Waals surface area (Å²) in [4.78, 5) is 33.4. The molecule has 11 heteroatoms. The highest BCUT2D eigenvalue weighted by Gasteiger charge is 2.40. The number of carboxylic acid groups (broad SMARTS) is 1. The minimum atomic E-state index is -1.33. The summed E-state index contributed by atoms with van der Waals surface area (Å²) in [5, 5.41) is 10.5. The SMILES string of the molecule is CO[C@@H]1CCN(c2ccc(-c3cc(=O)c(C(=O)O)cn3-c3ccc4nc(N5CC(C)(OC)C5)sc4c3)cc2F)C1. The van der Waals surface area contributed by atoms with Gasteiger partial charge in [0.25, 0.3) is 0 Å². The van der Waals surface area contributed by atoms with Crippen molar-refractivity contribution in [2.45, 2.75) is 25.0 Å². The van der Waals surface area contributed by atoms with Crippen LogP contribution in [0.15, 0.2) is 53.5 Å². The molecule has 4 aromatic rings. The van der Waals surface area contributed by atoms with Crippen molar-refractivity contribution in [3.05, 3.63) is 70.3 Å². The van der Waals surface area contributed by atoms with Crippen LogP contribution in [0.1, 0.15) is 23.7 Å². The van der Waals surface area contributed by atoms with Crippen molar-refractivity contribution >= 4 is 38.3 Å². The van der Waals surface area contributed by atoms with Crippen molar-refractivity contribution in [2.24, 2.45) is 0 Å². The summed E-state index contributed by atoms with van der Waals surface area (Å²) in [6.07, 6.45) is 2.18. The topological polar surface area (TPSA) is 97.1 Å². The number of benzene rings is 2. The van der Waals surface area contributed by atoms with E-state index < -0.39 is 17.2 Å². The molecule has 2 aromatic carbocycles. The molecule has 6 rings (SSSR count). The van der Waals surface area contributed by atoms with Crippen LogP contribution in [0.5, 0.6) is 0 Å². The molecule has 0 radical (unpaired) electrons. The number of fused-ring (bicyclic) bond motifs is 1. The lowest BCUT2D eigenvalue weighted by Crippen LogP contribution is -2.61. The molecular weight excluding hydrogens is 535 g/mol. The number of methoxy groups -OCH3 is 2. The molecule has 208 valence electrons. The number of carbonyl (C=O) groups is 1. The Labute approximate surface area is 234 Å². The van der Waals surface area contributed by atoms with Gasteiger partial charge in [-0.25, -0.2) is 14.2 Å². The highest BCUT2D eigenvalue weighted by molar-refractivity contribution is 7.22. The summed E-state index contributed by atoms with van der Waals surface area (Å²) in [6, 6.07) is 11.7. The van der Waals surface area contributed by atoms with E-state index in [0.29, 0.717) is 35.7 Å². The number of rotatable bonds is 7. The van der Waals surface area contributed by atoms with Gasteiger partial charge in [0.1, 0.15) is 11.4 Å². The number of nitrogens with zero attached hydrogens (tertiary/aromatic N) is 4. The van der Waals surface area contributed by atoms with E-state index in [2.05, 4.69) is 11.8 Å². The number of halogens is 1. The van der Waals surface area contributed by atoms with E-state index in [0.717, 1.165) is 34.9 Å². The van der Waals surface area contributed by atoms with Crippen LogP contribution in [0.4, 0.5) is 15.2 Å². The van der Waals surface area contributed by atoms with Crippen LogP contribution < -0.4 is 15.2 Å². The van der Waals surface area contributed by atoms with E-state index in [1.165, 1.54) is 29.7 Å². The van der Waals surface area contributed by atoms with Gasteiger partial charge in [-0.1, -0.05) is 17.4 Å². The van der Waals surface area contributed by atoms with E-state index >= 15 is 4.39 Å². The Morgan fingerprint density at radius 1 is 1.15 bits per heavy atom. The Hall–Kier alpha value is -3.80. The van der Waals surface area contributed by atoms with E-state index in [1.807, 2.05) is 23.1 Å². The Morgan fingerprint density at radius 2 is 1.95 bits per heavy atom. The van der Waals surface area contributed by atoms with Crippen LogP contribution in [0, 0.1) is 5.82 Å². The highest BCUT2D eigenvalue weighted by Crippen LogP contribution is 2.37. The van der Waals surface area contributed by atoms with Crippen LogP contribution in [0.25, 0.3) is 27.2 Å². The predicted octanol–water partition coefficient (Wildman–Crippen LogP) is 4.40. The molecule has 0 aliphatic carbocycles. The van der Waals surface area contributed by atoms with Crippen molar-refractivity contribution in [3.8, 4) is 16.9 Å². The van der Waals surface area contributed by atoms with Gasteiger partial charge in [-0.2, -0.15) is 0 Å². The first-order valence-electron chi connectivity index (χ1n) is 13.0. The smallest absolute Gasteiger partial charge is 0.341 e. The fourth-order valence-corrected chi connectivity index (χ4v) is 6.40. The summed E-state index contributed by atoms with van der Waals surface area (Å²) in [6.45, 7) is 4.83. The zero-order chi connectivity index (χ0) is 28.2. The lowest BCUT2D eigenvalue weighted by molar-refractivity contribution is -0.0167. The monoisotopic (exact) mass is 564 g/mol. The highest BCUT2D eigenvalue weighted by atomic mass is 32.1. The summed E-state index contributed by atoms with van der Waals surface area (Å²) in [5.74, 6) is -1.75. The van der Waals surface area contributed by atoms with Gasteiger partial charge in [0.15, 0.2) is 10.6 Å². The quantitative estimate of drug-likeness (QED) is 0.353. The number of hydrogen-bond donors (Lipinski definition) is 1. The lowest BCUT2D eigenvalue weighted by Gasteiger charge is -2.46. The van der Waals surface area contributed by atoms with Gasteiger partial charge in [0.2, 0.25) is 0 Å². The standard InChI is InChI=1S/C29H29FN4O5S/c1-29(39-3)15-33(16-29)28-31-22-6-5-18(11-26(22)40-28)34-14-20(27(36)37)25(35)12-24(34)17-4-7-23(21(30)10-17)32-9-8-19(13-32)38-2/h4-7,10-12,14,19H,8-9,13,15-16H2,1-3H3,(H,36,37)/t19-/m1/s1. The van der Waals surface area contributed by atoms with Gasteiger partial charge in [0, 0.05) is 50.8 Å². The Kier molecular flexibility index (Phi) is 6.60. The molecule has 2 aromatic heterocycles. The maximum atomic E-state index is 15.4. The fraction of sp³-hybridized carbons (Fsp3) is 0.345. The van der Waals surface area contributed by atoms with E-state index in [4.69, 9.17) is 14.5 Å². The molecule has 0 spiro atoms. The number of ether oxygens (including phenoxy) is 2. The second kappa shape index (κ2) is 9.99. The van der Waals surface area contributed by atoms with Crippen LogP contribution >= 0.6 is 11.3 Å². The average Bonchev–Trinajstić information content (AvgIpc) is 3.57. The zero-order valence-corrected chi connectivity index (χ0v) is 23.2. The van der Waals surface area contributed by atoms with Crippen LogP contribution in [-0.2, 0) is 9.47 Å². The summed E-state index contributed by atoms with van der Waals surface area (Å²) < 4.78 is 28.9. The number of aromatic carboxylic acids is 1. The number of carboxylic acids is 1. The predicted molar refractivity (Wildman–Crippen MR) is 153 cm³/mol. The van der Waals surface area contributed by atoms with Crippen molar-refractivity contribution in [3.63, 3.8) is 0 Å². The third kappa shape index (κ3) is 4.63. The largest absolute Gasteiger partial charge is 0.477 e.